The van der Waals surface area contributed by atoms with Crippen LogP contribution in [0.15, 0.2) is 277 Å². The molecule has 2 nitrogen and oxygen atoms in total. The quantitative estimate of drug-likeness (QED) is 0.122. The van der Waals surface area contributed by atoms with Gasteiger partial charge >= 0.3 is 0 Å². The monoisotopic (exact) mass is 1020 g/mol. The van der Waals surface area contributed by atoms with Crippen molar-refractivity contribution in [3.05, 3.63) is 284 Å². The molecule has 368 valence electrons. The fourth-order valence-electron chi connectivity index (χ4n) is 13.8. The van der Waals surface area contributed by atoms with Crippen LogP contribution in [0.2, 0.25) is 0 Å². The third kappa shape index (κ3) is 7.03. The SMILES string of the molecule is C1=CC2C(C=C1c1ccc(-c3cc4ccccc4c4ccccc34)cc1)c1cc(-c3ccc(-c4cc5ccccc5c5ccccc45)cc3)ccc1N2c1ccc2c(c1)[SiH2]c1cc(-c3ccc4oc5ccccc5c4c3)ccc1-2. The number of rotatable bonds is 6. The van der Waals surface area contributed by atoms with Gasteiger partial charge in [0.1, 0.15) is 11.2 Å². The Balaban J connectivity index is 0.731. The fourth-order valence-corrected chi connectivity index (χ4v) is 15.8. The summed E-state index contributed by atoms with van der Waals surface area (Å²) < 4.78 is 6.19. The molecule has 2 unspecified atom stereocenters. The average Bonchev–Trinajstić information content (AvgIpc) is 4.39. The maximum Gasteiger partial charge on any atom is 0.135 e. The van der Waals surface area contributed by atoms with Crippen LogP contribution in [-0.2, 0) is 0 Å². The molecule has 3 heteroatoms. The van der Waals surface area contributed by atoms with Crippen molar-refractivity contribution < 1.29 is 4.42 Å². The van der Waals surface area contributed by atoms with Crippen molar-refractivity contribution >= 4 is 102 Å². The van der Waals surface area contributed by atoms with E-state index in [1.165, 1.54) is 143 Å². The number of anilines is 2. The molecule has 2 atom stereocenters. The van der Waals surface area contributed by atoms with Gasteiger partial charge in [0.05, 0.1) is 15.6 Å². The zero-order valence-electron chi connectivity index (χ0n) is 43.2. The highest BCUT2D eigenvalue weighted by Gasteiger charge is 2.39. The Morgan fingerprint density at radius 2 is 0.848 bits per heavy atom. The van der Waals surface area contributed by atoms with Crippen LogP contribution in [0, 0.1) is 0 Å². The van der Waals surface area contributed by atoms with Gasteiger partial charge in [-0.3, -0.25) is 0 Å². The normalized spacial score (nSPS) is 15.6. The number of hydrogen-bond donors (Lipinski definition) is 0. The van der Waals surface area contributed by atoms with Gasteiger partial charge in [-0.05, 0) is 170 Å². The smallest absolute Gasteiger partial charge is 0.135 e. The molecule has 3 aliphatic rings. The van der Waals surface area contributed by atoms with Crippen molar-refractivity contribution in [2.24, 2.45) is 0 Å². The van der Waals surface area contributed by atoms with Gasteiger partial charge in [0, 0.05) is 28.1 Å². The van der Waals surface area contributed by atoms with Crippen LogP contribution >= 0.6 is 0 Å². The third-order valence-corrected chi connectivity index (χ3v) is 19.5. The molecule has 1 aromatic heterocycles. The Bertz CT molecular complexity index is 4940. The van der Waals surface area contributed by atoms with Gasteiger partial charge in [-0.15, -0.1) is 0 Å². The summed E-state index contributed by atoms with van der Waals surface area (Å²) in [6, 6.07) is 95.2. The Kier molecular flexibility index (Phi) is 9.74. The highest BCUT2D eigenvalue weighted by atomic mass is 28.2. The van der Waals surface area contributed by atoms with Crippen LogP contribution < -0.4 is 15.3 Å². The number of furan rings is 1. The molecule has 0 N–H and O–H groups in total. The van der Waals surface area contributed by atoms with E-state index in [1.54, 1.807) is 0 Å². The van der Waals surface area contributed by atoms with Gasteiger partial charge in [0.2, 0.25) is 0 Å². The van der Waals surface area contributed by atoms with Crippen molar-refractivity contribution in [1.82, 2.24) is 0 Å². The van der Waals surface area contributed by atoms with E-state index >= 15 is 0 Å². The molecule has 17 rings (SSSR count). The number of nitrogens with zero attached hydrogens (tertiary/aromatic N) is 1. The van der Waals surface area contributed by atoms with Crippen molar-refractivity contribution in [3.63, 3.8) is 0 Å². The molecule has 0 amide bonds. The summed E-state index contributed by atoms with van der Waals surface area (Å²) in [6.45, 7) is 0. The molecule has 0 spiro atoms. The lowest BCUT2D eigenvalue weighted by Gasteiger charge is -2.30. The maximum atomic E-state index is 6.19. The minimum Gasteiger partial charge on any atom is -0.456 e. The van der Waals surface area contributed by atoms with Crippen LogP contribution in [0.3, 0.4) is 0 Å². The van der Waals surface area contributed by atoms with Crippen LogP contribution in [0.4, 0.5) is 11.4 Å². The van der Waals surface area contributed by atoms with Crippen molar-refractivity contribution in [2.45, 2.75) is 12.0 Å². The first kappa shape index (κ1) is 44.3. The zero-order chi connectivity index (χ0) is 51.7. The molecule has 79 heavy (non-hydrogen) atoms. The Morgan fingerprint density at radius 3 is 1.54 bits per heavy atom. The number of para-hydroxylation sites is 1. The van der Waals surface area contributed by atoms with E-state index in [0.29, 0.717) is 0 Å². The van der Waals surface area contributed by atoms with E-state index < -0.39 is 9.52 Å². The molecule has 0 bridgehead atoms. The van der Waals surface area contributed by atoms with E-state index in [9.17, 15) is 0 Å². The van der Waals surface area contributed by atoms with Gasteiger partial charge in [-0.2, -0.15) is 0 Å². The zero-order valence-corrected chi connectivity index (χ0v) is 44.6. The molecule has 2 aliphatic heterocycles. The van der Waals surface area contributed by atoms with Gasteiger partial charge in [-0.25, -0.2) is 0 Å². The Labute approximate surface area is 460 Å². The van der Waals surface area contributed by atoms with Crippen molar-refractivity contribution in [1.29, 1.82) is 0 Å². The number of allylic oxidation sites excluding steroid dienone is 2. The van der Waals surface area contributed by atoms with E-state index in [1.807, 2.05) is 6.07 Å². The summed E-state index contributed by atoms with van der Waals surface area (Å²) >= 11 is 0. The second-order valence-electron chi connectivity index (χ2n) is 21.9. The lowest BCUT2D eigenvalue weighted by Crippen LogP contribution is -2.30. The van der Waals surface area contributed by atoms with Crippen LogP contribution in [-0.4, -0.2) is 15.6 Å². The second kappa shape index (κ2) is 17.4. The Hall–Kier alpha value is -9.80. The average molecular weight is 1020 g/mol. The molecule has 13 aromatic carbocycles. The topological polar surface area (TPSA) is 16.4 Å². The van der Waals surface area contributed by atoms with Crippen LogP contribution in [0.5, 0.6) is 0 Å². The van der Waals surface area contributed by atoms with Crippen molar-refractivity contribution in [2.75, 3.05) is 4.90 Å². The molecular formula is C76H49NOSi. The van der Waals surface area contributed by atoms with E-state index in [0.717, 1.165) is 16.6 Å². The molecule has 0 saturated carbocycles. The van der Waals surface area contributed by atoms with Gasteiger partial charge in [0.15, 0.2) is 0 Å². The number of fused-ring (bicyclic) bond motifs is 15. The summed E-state index contributed by atoms with van der Waals surface area (Å²) in [6.07, 6.45) is 7.39. The van der Waals surface area contributed by atoms with Crippen LogP contribution in [0.1, 0.15) is 17.0 Å². The summed E-state index contributed by atoms with van der Waals surface area (Å²) in [5.41, 5.74) is 21.0. The first-order valence-electron chi connectivity index (χ1n) is 27.7. The van der Waals surface area contributed by atoms with E-state index in [-0.39, 0.29) is 12.0 Å². The van der Waals surface area contributed by atoms with E-state index in [4.69, 9.17) is 4.42 Å². The Morgan fingerprint density at radius 1 is 0.342 bits per heavy atom. The molecular weight excluding hydrogens is 971 g/mol. The summed E-state index contributed by atoms with van der Waals surface area (Å²) in [7, 11) is -0.753. The highest BCUT2D eigenvalue weighted by molar-refractivity contribution is 6.73. The lowest BCUT2D eigenvalue weighted by molar-refractivity contribution is 0.669. The van der Waals surface area contributed by atoms with Crippen molar-refractivity contribution in [3.8, 4) is 55.6 Å². The number of hydrogen-bond acceptors (Lipinski definition) is 2. The third-order valence-electron chi connectivity index (χ3n) is 17.6. The standard InChI is InChI=1S/C76H49NOSi/c1-3-13-57-54(11-1)42-66(61-17-7-5-15-59(57)61)48-25-21-46(22-26-48)50-30-36-71-68(39-50)69-40-51(47-23-27-49(28-24-47)67-43-55-12-2-4-14-58(55)60-16-6-8-18-62(60)67)31-37-72(69)77(71)56-33-35-65-64-34-29-53(44-75(64)79-76(65)45-56)52-32-38-74-70(41-52)63-19-9-10-20-73(63)78-74/h1-45,68,71H,79H2. The lowest BCUT2D eigenvalue weighted by atomic mass is 9.85. The summed E-state index contributed by atoms with van der Waals surface area (Å²) in [5.74, 6) is 0.150. The molecule has 0 radical (unpaired) electrons. The largest absolute Gasteiger partial charge is 0.456 e. The van der Waals surface area contributed by atoms with Gasteiger partial charge in [0.25, 0.3) is 0 Å². The predicted octanol–water partition coefficient (Wildman–Crippen LogP) is 18.2. The first-order valence-corrected chi connectivity index (χ1v) is 29.1. The minimum absolute atomic E-state index is 0.129. The highest BCUT2D eigenvalue weighted by Crippen LogP contribution is 2.51. The van der Waals surface area contributed by atoms with Crippen LogP contribution in [0.25, 0.3) is 126 Å². The molecule has 0 fully saturated rings. The second-order valence-corrected chi connectivity index (χ2v) is 23.8. The maximum absolute atomic E-state index is 6.19. The van der Waals surface area contributed by atoms with Gasteiger partial charge < -0.3 is 9.32 Å². The number of benzene rings is 13. The molecule has 3 heterocycles. The fraction of sp³-hybridized carbons (Fsp3) is 0.0263. The van der Waals surface area contributed by atoms with Gasteiger partial charge in [-0.1, -0.05) is 229 Å². The molecule has 0 saturated heterocycles. The molecule has 14 aromatic rings. The minimum atomic E-state index is -0.753. The predicted molar refractivity (Wildman–Crippen MR) is 337 cm³/mol. The van der Waals surface area contributed by atoms with E-state index in [2.05, 4.69) is 272 Å². The molecule has 1 aliphatic carbocycles. The summed E-state index contributed by atoms with van der Waals surface area (Å²) in [5, 5.41) is 15.6. The summed E-state index contributed by atoms with van der Waals surface area (Å²) in [4.78, 5) is 2.63. The first-order chi connectivity index (χ1) is 39.1.